The molecule has 6 heteroatoms. The quantitative estimate of drug-likeness (QED) is 0.851. The third-order valence-corrected chi connectivity index (χ3v) is 2.87. The highest BCUT2D eigenvalue weighted by Gasteiger charge is 2.38. The van der Waals surface area contributed by atoms with E-state index < -0.39 is 11.9 Å². The van der Waals surface area contributed by atoms with Gasteiger partial charge in [-0.15, -0.1) is 0 Å². The van der Waals surface area contributed by atoms with Crippen LogP contribution >= 0.6 is 0 Å². The molecule has 2 N–H and O–H groups in total. The second kappa shape index (κ2) is 4.04. The number of aromatic nitrogens is 2. The van der Waals surface area contributed by atoms with Crippen molar-refractivity contribution in [1.29, 1.82) is 0 Å². The number of rotatable bonds is 1. The van der Waals surface area contributed by atoms with Crippen molar-refractivity contribution < 1.29 is 13.2 Å². The second-order valence-corrected chi connectivity index (χ2v) is 4.08. The molecule has 0 saturated heterocycles. The summed E-state index contributed by atoms with van der Waals surface area (Å²) in [4.78, 5) is 0. The third kappa shape index (κ3) is 1.94. The Balaban J connectivity index is 2.70. The summed E-state index contributed by atoms with van der Waals surface area (Å²) >= 11 is 0. The van der Waals surface area contributed by atoms with Crippen LogP contribution in [0.25, 0.3) is 5.69 Å². The van der Waals surface area contributed by atoms with Crippen molar-refractivity contribution in [3.05, 3.63) is 41.2 Å². The predicted octanol–water partition coefficient (Wildman–Crippen LogP) is 3.09. The number of nitrogen functional groups attached to an aromatic ring is 1. The maximum absolute atomic E-state index is 12.9. The highest BCUT2D eigenvalue weighted by molar-refractivity contribution is 5.51. The third-order valence-electron chi connectivity index (χ3n) is 2.87. The molecule has 1 heterocycles. The molecule has 1 aromatic heterocycles. The Morgan fingerprint density at radius 1 is 1.22 bits per heavy atom. The van der Waals surface area contributed by atoms with E-state index in [9.17, 15) is 13.2 Å². The molecule has 0 bridgehead atoms. The Labute approximate surface area is 102 Å². The van der Waals surface area contributed by atoms with E-state index in [2.05, 4.69) is 5.10 Å². The molecule has 2 aromatic rings. The molecule has 0 atom stereocenters. The van der Waals surface area contributed by atoms with Gasteiger partial charge in [0.2, 0.25) is 0 Å². The molecular formula is C12H12F3N3. The number of benzene rings is 1. The minimum atomic E-state index is -4.53. The lowest BCUT2D eigenvalue weighted by molar-refractivity contribution is -0.142. The van der Waals surface area contributed by atoms with Crippen LogP contribution in [0.15, 0.2) is 24.4 Å². The van der Waals surface area contributed by atoms with Crippen LogP contribution in [0.1, 0.15) is 16.8 Å². The Hall–Kier alpha value is -1.98. The average Bonchev–Trinajstić information content (AvgIpc) is 2.64. The molecule has 0 unspecified atom stereocenters. The summed E-state index contributed by atoms with van der Waals surface area (Å²) in [6.45, 7) is 3.58. The van der Waals surface area contributed by atoms with Gasteiger partial charge < -0.3 is 5.73 Å². The molecule has 0 radical (unpaired) electrons. The first-order valence-electron chi connectivity index (χ1n) is 5.29. The molecule has 96 valence electrons. The second-order valence-electron chi connectivity index (χ2n) is 4.08. The lowest BCUT2D eigenvalue weighted by Gasteiger charge is -2.14. The fourth-order valence-corrected chi connectivity index (χ4v) is 1.79. The van der Waals surface area contributed by atoms with E-state index in [1.807, 2.05) is 13.0 Å². The SMILES string of the molecule is Cc1cccc(-n2ncc(N)c2C(F)(F)F)c1C. The van der Waals surface area contributed by atoms with Gasteiger partial charge >= 0.3 is 6.18 Å². The van der Waals surface area contributed by atoms with E-state index in [4.69, 9.17) is 5.73 Å². The first kappa shape index (κ1) is 12.5. The Morgan fingerprint density at radius 3 is 2.50 bits per heavy atom. The minimum absolute atomic E-state index is 0.372. The van der Waals surface area contributed by atoms with Gasteiger partial charge in [0.25, 0.3) is 0 Å². The summed E-state index contributed by atoms with van der Waals surface area (Å²) < 4.78 is 39.6. The van der Waals surface area contributed by atoms with Gasteiger partial charge in [0.1, 0.15) is 0 Å². The maximum Gasteiger partial charge on any atom is 0.435 e. The molecule has 18 heavy (non-hydrogen) atoms. The lowest BCUT2D eigenvalue weighted by Crippen LogP contribution is -2.16. The molecule has 3 nitrogen and oxygen atoms in total. The van der Waals surface area contributed by atoms with Crippen molar-refractivity contribution in [3.63, 3.8) is 0 Å². The number of hydrogen-bond acceptors (Lipinski definition) is 2. The topological polar surface area (TPSA) is 43.8 Å². The molecule has 1 aromatic carbocycles. The van der Waals surface area contributed by atoms with E-state index >= 15 is 0 Å². The van der Waals surface area contributed by atoms with Gasteiger partial charge in [0, 0.05) is 0 Å². The van der Waals surface area contributed by atoms with Gasteiger partial charge in [0.15, 0.2) is 5.69 Å². The normalized spacial score (nSPS) is 11.8. The summed E-state index contributed by atoms with van der Waals surface area (Å²) in [7, 11) is 0. The number of aryl methyl sites for hydroxylation is 1. The number of nitrogens with two attached hydrogens (primary N) is 1. The Bertz CT molecular complexity index is 585. The van der Waals surface area contributed by atoms with Gasteiger partial charge in [-0.25, -0.2) is 4.68 Å². The van der Waals surface area contributed by atoms with Crippen molar-refractivity contribution in [3.8, 4) is 5.69 Å². The van der Waals surface area contributed by atoms with Crippen LogP contribution < -0.4 is 5.73 Å². The van der Waals surface area contributed by atoms with Crippen molar-refractivity contribution in [2.24, 2.45) is 0 Å². The van der Waals surface area contributed by atoms with Gasteiger partial charge in [-0.2, -0.15) is 18.3 Å². The highest BCUT2D eigenvalue weighted by atomic mass is 19.4. The first-order chi connectivity index (χ1) is 8.32. The standard InChI is InChI=1S/C12H12F3N3/c1-7-4-3-5-10(8(7)2)18-11(12(13,14)15)9(16)6-17-18/h3-6H,16H2,1-2H3. The monoisotopic (exact) mass is 255 g/mol. The number of nitrogens with zero attached hydrogens (tertiary/aromatic N) is 2. The van der Waals surface area contributed by atoms with Crippen LogP contribution in [0.2, 0.25) is 0 Å². The van der Waals surface area contributed by atoms with Crippen molar-refractivity contribution in [1.82, 2.24) is 9.78 Å². The molecule has 0 amide bonds. The zero-order valence-electron chi connectivity index (χ0n) is 9.92. The van der Waals surface area contributed by atoms with Crippen molar-refractivity contribution in [2.75, 3.05) is 5.73 Å². The van der Waals surface area contributed by atoms with E-state index in [0.29, 0.717) is 5.69 Å². The number of alkyl halides is 3. The highest BCUT2D eigenvalue weighted by Crippen LogP contribution is 2.35. The molecule has 0 aliphatic rings. The summed E-state index contributed by atoms with van der Waals surface area (Å²) in [6.07, 6.45) is -3.51. The smallest absolute Gasteiger partial charge is 0.396 e. The summed E-state index contributed by atoms with van der Waals surface area (Å²) in [6, 6.07) is 5.11. The Morgan fingerprint density at radius 2 is 1.89 bits per heavy atom. The summed E-state index contributed by atoms with van der Waals surface area (Å²) in [5.74, 6) is 0. The zero-order chi connectivity index (χ0) is 13.5. The number of halogens is 3. The molecule has 0 aliphatic carbocycles. The van der Waals surface area contributed by atoms with Crippen LogP contribution in [-0.2, 0) is 6.18 Å². The summed E-state index contributed by atoms with van der Waals surface area (Å²) in [5, 5.41) is 3.73. The largest absolute Gasteiger partial charge is 0.435 e. The van der Waals surface area contributed by atoms with Crippen LogP contribution in [0, 0.1) is 13.8 Å². The number of anilines is 1. The van der Waals surface area contributed by atoms with Crippen LogP contribution in [0.5, 0.6) is 0 Å². The molecule has 0 spiro atoms. The van der Waals surface area contributed by atoms with E-state index in [0.717, 1.165) is 22.0 Å². The summed E-state index contributed by atoms with van der Waals surface area (Å²) in [5.41, 5.74) is 6.07. The molecule has 2 rings (SSSR count). The van der Waals surface area contributed by atoms with Crippen LogP contribution in [0.4, 0.5) is 18.9 Å². The van der Waals surface area contributed by atoms with E-state index in [1.54, 1.807) is 19.1 Å². The van der Waals surface area contributed by atoms with Gasteiger partial charge in [0.05, 0.1) is 17.6 Å². The van der Waals surface area contributed by atoms with Gasteiger partial charge in [-0.1, -0.05) is 12.1 Å². The van der Waals surface area contributed by atoms with E-state index in [-0.39, 0.29) is 5.69 Å². The first-order valence-corrected chi connectivity index (χ1v) is 5.29. The predicted molar refractivity (Wildman–Crippen MR) is 62.5 cm³/mol. The van der Waals surface area contributed by atoms with Gasteiger partial charge in [-0.3, -0.25) is 0 Å². The molecule has 0 saturated carbocycles. The molecular weight excluding hydrogens is 243 g/mol. The van der Waals surface area contributed by atoms with Gasteiger partial charge in [-0.05, 0) is 31.0 Å². The zero-order valence-corrected chi connectivity index (χ0v) is 9.92. The van der Waals surface area contributed by atoms with Crippen molar-refractivity contribution in [2.45, 2.75) is 20.0 Å². The number of hydrogen-bond donors (Lipinski definition) is 1. The minimum Gasteiger partial charge on any atom is -0.396 e. The Kier molecular flexibility index (Phi) is 2.80. The fourth-order valence-electron chi connectivity index (χ4n) is 1.79. The molecule has 0 fully saturated rings. The van der Waals surface area contributed by atoms with E-state index in [1.165, 1.54) is 0 Å². The fraction of sp³-hybridized carbons (Fsp3) is 0.250. The maximum atomic E-state index is 12.9. The molecule has 0 aliphatic heterocycles. The van der Waals surface area contributed by atoms with Crippen molar-refractivity contribution >= 4 is 5.69 Å². The average molecular weight is 255 g/mol. The van der Waals surface area contributed by atoms with Crippen LogP contribution in [0.3, 0.4) is 0 Å². The van der Waals surface area contributed by atoms with Crippen LogP contribution in [-0.4, -0.2) is 9.78 Å². The lowest BCUT2D eigenvalue weighted by atomic mass is 10.1.